The average Bonchev–Trinajstić information content (AvgIpc) is 3.11. The smallest absolute Gasteiger partial charge is 0.246 e. The quantitative estimate of drug-likeness (QED) is 0.757. The molecule has 2 atom stereocenters. The summed E-state index contributed by atoms with van der Waals surface area (Å²) < 4.78 is 5.20. The molecule has 1 aliphatic carbocycles. The van der Waals surface area contributed by atoms with Crippen LogP contribution in [-0.2, 0) is 9.59 Å². The predicted octanol–water partition coefficient (Wildman–Crippen LogP) is 3.28. The van der Waals surface area contributed by atoms with Crippen molar-refractivity contribution in [2.24, 2.45) is 5.92 Å². The summed E-state index contributed by atoms with van der Waals surface area (Å²) in [4.78, 5) is 29.7. The fourth-order valence-electron chi connectivity index (χ4n) is 3.26. The van der Waals surface area contributed by atoms with Crippen LogP contribution >= 0.6 is 11.8 Å². The largest absolute Gasteiger partial charge is 0.472 e. The first-order valence-electron chi connectivity index (χ1n) is 8.92. The Labute approximate surface area is 147 Å². The summed E-state index contributed by atoms with van der Waals surface area (Å²) in [6, 6.07) is 1.55. The second-order valence-electron chi connectivity index (χ2n) is 6.60. The Morgan fingerprint density at radius 2 is 2.00 bits per heavy atom. The van der Waals surface area contributed by atoms with E-state index in [0.717, 1.165) is 44.3 Å². The van der Waals surface area contributed by atoms with Gasteiger partial charge in [-0.05, 0) is 31.7 Å². The van der Waals surface area contributed by atoms with Gasteiger partial charge >= 0.3 is 0 Å². The van der Waals surface area contributed by atoms with Crippen LogP contribution in [0.25, 0.3) is 0 Å². The summed E-state index contributed by atoms with van der Waals surface area (Å²) in [7, 11) is 0. The van der Waals surface area contributed by atoms with Crippen LogP contribution in [-0.4, -0.2) is 46.5 Å². The molecule has 2 unspecified atom stereocenters. The fourth-order valence-corrected chi connectivity index (χ4v) is 4.67. The van der Waals surface area contributed by atoms with E-state index in [9.17, 15) is 9.59 Å². The van der Waals surface area contributed by atoms with Gasteiger partial charge in [-0.2, -0.15) is 0 Å². The average molecular weight is 350 g/mol. The number of amides is 2. The molecule has 0 bridgehead atoms. The molecule has 132 valence electrons. The van der Waals surface area contributed by atoms with Crippen molar-refractivity contribution in [3.63, 3.8) is 0 Å². The third-order valence-electron chi connectivity index (χ3n) is 4.59. The van der Waals surface area contributed by atoms with Gasteiger partial charge in [0.2, 0.25) is 11.8 Å². The maximum absolute atomic E-state index is 13.1. The van der Waals surface area contributed by atoms with Crippen LogP contribution in [0.1, 0.15) is 50.5 Å². The van der Waals surface area contributed by atoms with Gasteiger partial charge in [0.25, 0.3) is 0 Å². The zero-order chi connectivity index (χ0) is 17.1. The molecule has 5 nitrogen and oxygen atoms in total. The highest BCUT2D eigenvalue weighted by atomic mass is 32.2. The molecule has 2 aliphatic rings. The summed E-state index contributed by atoms with van der Waals surface area (Å²) in [5, 5.41) is -0.101. The van der Waals surface area contributed by atoms with Crippen LogP contribution < -0.4 is 0 Å². The Hall–Kier alpha value is -1.43. The number of carbonyl (C=O) groups excluding carboxylic acids is 2. The molecule has 6 heteroatoms. The van der Waals surface area contributed by atoms with Gasteiger partial charge in [-0.3, -0.25) is 9.59 Å². The first-order valence-corrected chi connectivity index (χ1v) is 9.96. The molecule has 1 saturated heterocycles. The van der Waals surface area contributed by atoms with E-state index in [-0.39, 0.29) is 29.1 Å². The third kappa shape index (κ3) is 3.48. The second-order valence-corrected chi connectivity index (χ2v) is 7.72. The third-order valence-corrected chi connectivity index (χ3v) is 5.92. The molecule has 24 heavy (non-hydrogen) atoms. The molecule has 0 radical (unpaired) electrons. The van der Waals surface area contributed by atoms with Crippen LogP contribution in [0.15, 0.2) is 23.0 Å². The van der Waals surface area contributed by atoms with E-state index in [2.05, 4.69) is 13.8 Å². The van der Waals surface area contributed by atoms with E-state index in [1.807, 2.05) is 15.9 Å². The number of furan rings is 1. The Bertz CT molecular complexity index is 565. The van der Waals surface area contributed by atoms with Gasteiger partial charge < -0.3 is 14.2 Å². The first-order chi connectivity index (χ1) is 11.7. The molecule has 1 saturated carbocycles. The van der Waals surface area contributed by atoms with E-state index in [0.29, 0.717) is 5.75 Å². The van der Waals surface area contributed by atoms with E-state index in [1.54, 1.807) is 24.3 Å². The maximum Gasteiger partial charge on any atom is 0.246 e. The number of hydrogen-bond donors (Lipinski definition) is 0. The van der Waals surface area contributed by atoms with Crippen molar-refractivity contribution in [2.45, 2.75) is 50.9 Å². The summed E-state index contributed by atoms with van der Waals surface area (Å²) >= 11 is 1.67. The van der Waals surface area contributed by atoms with E-state index in [4.69, 9.17) is 4.42 Å². The van der Waals surface area contributed by atoms with Gasteiger partial charge in [0, 0.05) is 30.3 Å². The second kappa shape index (κ2) is 7.64. The van der Waals surface area contributed by atoms with Gasteiger partial charge in [0.05, 0.1) is 12.5 Å². The van der Waals surface area contributed by atoms with Crippen molar-refractivity contribution in [3.05, 3.63) is 24.2 Å². The molecular formula is C18H26N2O3S. The van der Waals surface area contributed by atoms with Gasteiger partial charge in [0.15, 0.2) is 0 Å². The minimum atomic E-state index is -0.346. The van der Waals surface area contributed by atoms with E-state index in [1.165, 1.54) is 0 Å². The molecule has 2 heterocycles. The predicted molar refractivity (Wildman–Crippen MR) is 94.4 cm³/mol. The monoisotopic (exact) mass is 350 g/mol. The molecule has 1 aromatic rings. The van der Waals surface area contributed by atoms with Gasteiger partial charge in [-0.15, -0.1) is 11.8 Å². The van der Waals surface area contributed by atoms with Crippen molar-refractivity contribution in [1.82, 2.24) is 9.80 Å². The zero-order valence-electron chi connectivity index (χ0n) is 14.4. The number of carbonyl (C=O) groups is 2. The molecule has 2 amide bonds. The normalized spacial score (nSPS) is 23.5. The SMILES string of the molecule is CCCN(CCC)C(=O)C1CSC(c2ccoc2)N1C(=O)C1CC1. The highest BCUT2D eigenvalue weighted by Crippen LogP contribution is 2.45. The van der Waals surface area contributed by atoms with Crippen molar-refractivity contribution in [3.8, 4) is 0 Å². The standard InChI is InChI=1S/C18H26N2O3S/c1-3-8-19(9-4-2)17(22)15-12-24-18(14-7-10-23-11-14)20(15)16(21)13-5-6-13/h7,10-11,13,15,18H,3-6,8-9,12H2,1-2H3. The molecule has 0 aromatic carbocycles. The molecule has 1 aliphatic heterocycles. The Kier molecular flexibility index (Phi) is 5.54. The van der Waals surface area contributed by atoms with E-state index >= 15 is 0 Å². The lowest BCUT2D eigenvalue weighted by atomic mass is 10.1. The molecule has 0 N–H and O–H groups in total. The summed E-state index contributed by atoms with van der Waals surface area (Å²) in [6.07, 6.45) is 7.10. The van der Waals surface area contributed by atoms with Crippen LogP contribution in [0.4, 0.5) is 0 Å². The molecule has 3 rings (SSSR count). The Balaban J connectivity index is 1.82. The minimum Gasteiger partial charge on any atom is -0.472 e. The number of hydrogen-bond acceptors (Lipinski definition) is 4. The molecule has 2 fully saturated rings. The van der Waals surface area contributed by atoms with Crippen LogP contribution in [0.3, 0.4) is 0 Å². The molecular weight excluding hydrogens is 324 g/mol. The van der Waals surface area contributed by atoms with Crippen molar-refractivity contribution < 1.29 is 14.0 Å². The van der Waals surface area contributed by atoms with Crippen LogP contribution in [0.2, 0.25) is 0 Å². The van der Waals surface area contributed by atoms with Gasteiger partial charge in [0.1, 0.15) is 11.4 Å². The maximum atomic E-state index is 13.1. The van der Waals surface area contributed by atoms with Crippen molar-refractivity contribution >= 4 is 23.6 Å². The number of rotatable bonds is 7. The molecule has 0 spiro atoms. The topological polar surface area (TPSA) is 53.8 Å². The highest BCUT2D eigenvalue weighted by molar-refractivity contribution is 7.99. The molecule has 1 aromatic heterocycles. The lowest BCUT2D eigenvalue weighted by Gasteiger charge is -2.32. The van der Waals surface area contributed by atoms with Crippen LogP contribution in [0.5, 0.6) is 0 Å². The minimum absolute atomic E-state index is 0.101. The number of nitrogens with zero attached hydrogens (tertiary/aromatic N) is 2. The Morgan fingerprint density at radius 3 is 2.54 bits per heavy atom. The fraction of sp³-hybridized carbons (Fsp3) is 0.667. The van der Waals surface area contributed by atoms with E-state index < -0.39 is 0 Å². The first kappa shape index (κ1) is 17.4. The summed E-state index contributed by atoms with van der Waals surface area (Å²) in [6.45, 7) is 5.69. The van der Waals surface area contributed by atoms with Gasteiger partial charge in [-0.25, -0.2) is 0 Å². The highest BCUT2D eigenvalue weighted by Gasteiger charge is 2.47. The lowest BCUT2D eigenvalue weighted by molar-refractivity contribution is -0.145. The summed E-state index contributed by atoms with van der Waals surface area (Å²) in [5.74, 6) is 1.01. The van der Waals surface area contributed by atoms with Gasteiger partial charge in [-0.1, -0.05) is 13.8 Å². The summed E-state index contributed by atoms with van der Waals surface area (Å²) in [5.41, 5.74) is 0.974. The zero-order valence-corrected chi connectivity index (χ0v) is 15.3. The van der Waals surface area contributed by atoms with Crippen LogP contribution in [0, 0.1) is 5.92 Å². The number of thioether (sulfide) groups is 1. The Morgan fingerprint density at radius 1 is 1.29 bits per heavy atom. The lowest BCUT2D eigenvalue weighted by Crippen LogP contribution is -2.50. The van der Waals surface area contributed by atoms with Crippen molar-refractivity contribution in [2.75, 3.05) is 18.8 Å². The van der Waals surface area contributed by atoms with Crippen molar-refractivity contribution in [1.29, 1.82) is 0 Å².